The van der Waals surface area contributed by atoms with Crippen LogP contribution in [-0.4, -0.2) is 24.3 Å². The lowest BCUT2D eigenvalue weighted by Crippen LogP contribution is -2.12. The number of nitrogens with one attached hydrogen (secondary N) is 1. The molecule has 1 N–H and O–H groups in total. The third-order valence-corrected chi connectivity index (χ3v) is 5.64. The molecule has 3 rings (SSSR count). The van der Waals surface area contributed by atoms with Crippen molar-refractivity contribution in [1.82, 2.24) is 4.98 Å². The first-order chi connectivity index (χ1) is 11.1. The SMILES string of the molecule is COc1ccc(Br)c(C(=O)Nc2nc3c(SC)cccc3s2)c1. The zero-order valence-corrected chi connectivity index (χ0v) is 15.6. The Morgan fingerprint density at radius 1 is 1.35 bits per heavy atom. The molecule has 0 fully saturated rings. The minimum atomic E-state index is -0.222. The number of thioether (sulfide) groups is 1. The molecular formula is C16H13BrN2O2S2. The minimum absolute atomic E-state index is 0.222. The molecule has 7 heteroatoms. The zero-order valence-electron chi connectivity index (χ0n) is 12.4. The fourth-order valence-electron chi connectivity index (χ4n) is 2.11. The summed E-state index contributed by atoms with van der Waals surface area (Å²) in [4.78, 5) is 18.1. The summed E-state index contributed by atoms with van der Waals surface area (Å²) in [6.07, 6.45) is 2.01. The fraction of sp³-hybridized carbons (Fsp3) is 0.125. The van der Waals surface area contributed by atoms with Gasteiger partial charge in [-0.2, -0.15) is 0 Å². The number of carbonyl (C=O) groups excluding carboxylic acids is 1. The summed E-state index contributed by atoms with van der Waals surface area (Å²) in [6.45, 7) is 0. The molecule has 4 nitrogen and oxygen atoms in total. The molecule has 2 aromatic carbocycles. The molecule has 0 spiro atoms. The molecule has 0 saturated carbocycles. The van der Waals surface area contributed by atoms with Gasteiger partial charge in [-0.05, 0) is 52.5 Å². The number of ether oxygens (including phenoxy) is 1. The van der Waals surface area contributed by atoms with E-state index in [9.17, 15) is 4.79 Å². The summed E-state index contributed by atoms with van der Waals surface area (Å²) in [5.74, 6) is 0.410. The predicted molar refractivity (Wildman–Crippen MR) is 100 cm³/mol. The number of anilines is 1. The Kier molecular flexibility index (Phi) is 4.89. The van der Waals surface area contributed by atoms with Crippen LogP contribution in [0.4, 0.5) is 5.13 Å². The second-order valence-corrected chi connectivity index (χ2v) is 7.36. The van der Waals surface area contributed by atoms with E-state index in [2.05, 4.69) is 26.2 Å². The molecule has 1 aromatic heterocycles. The maximum Gasteiger partial charge on any atom is 0.258 e. The van der Waals surface area contributed by atoms with E-state index < -0.39 is 0 Å². The van der Waals surface area contributed by atoms with E-state index in [1.807, 2.05) is 24.5 Å². The summed E-state index contributed by atoms with van der Waals surface area (Å²) in [7, 11) is 1.57. The van der Waals surface area contributed by atoms with Gasteiger partial charge in [0.1, 0.15) is 5.75 Å². The maximum atomic E-state index is 12.5. The summed E-state index contributed by atoms with van der Waals surface area (Å²) >= 11 is 6.50. The molecule has 3 aromatic rings. The van der Waals surface area contributed by atoms with Crippen LogP contribution in [-0.2, 0) is 0 Å². The second kappa shape index (κ2) is 6.90. The first kappa shape index (κ1) is 16.3. The molecule has 0 aliphatic heterocycles. The van der Waals surface area contributed by atoms with Gasteiger partial charge in [-0.1, -0.05) is 17.4 Å². The van der Waals surface area contributed by atoms with E-state index in [4.69, 9.17) is 4.74 Å². The van der Waals surface area contributed by atoms with Crippen LogP contribution in [0.25, 0.3) is 10.2 Å². The van der Waals surface area contributed by atoms with Crippen molar-refractivity contribution in [2.45, 2.75) is 4.90 Å². The number of carbonyl (C=O) groups is 1. The normalized spacial score (nSPS) is 10.7. The van der Waals surface area contributed by atoms with E-state index in [-0.39, 0.29) is 5.91 Å². The molecule has 0 bridgehead atoms. The number of thiazole rings is 1. The van der Waals surface area contributed by atoms with Crippen molar-refractivity contribution in [3.8, 4) is 5.75 Å². The highest BCUT2D eigenvalue weighted by Crippen LogP contribution is 2.33. The Hall–Kier alpha value is -1.57. The Bertz CT molecular complexity index is 880. The second-order valence-electron chi connectivity index (χ2n) is 4.63. The molecule has 0 aliphatic carbocycles. The van der Waals surface area contributed by atoms with Crippen molar-refractivity contribution in [1.29, 1.82) is 0 Å². The fourth-order valence-corrected chi connectivity index (χ4v) is 4.05. The quantitative estimate of drug-likeness (QED) is 0.614. The third kappa shape index (κ3) is 3.36. The number of para-hydroxylation sites is 1. The zero-order chi connectivity index (χ0) is 16.4. The number of methoxy groups -OCH3 is 1. The molecule has 1 heterocycles. The highest BCUT2D eigenvalue weighted by atomic mass is 79.9. The van der Waals surface area contributed by atoms with E-state index >= 15 is 0 Å². The van der Waals surface area contributed by atoms with Gasteiger partial charge in [0.25, 0.3) is 5.91 Å². The van der Waals surface area contributed by atoms with Crippen LogP contribution in [0.15, 0.2) is 45.8 Å². The van der Waals surface area contributed by atoms with Crippen LogP contribution in [0, 0.1) is 0 Å². The molecule has 1 amide bonds. The lowest BCUT2D eigenvalue weighted by atomic mass is 10.2. The predicted octanol–water partition coefficient (Wildman–Crippen LogP) is 5.04. The summed E-state index contributed by atoms with van der Waals surface area (Å²) < 4.78 is 6.93. The van der Waals surface area contributed by atoms with Gasteiger partial charge in [-0.25, -0.2) is 4.98 Å². The number of hydrogen-bond donors (Lipinski definition) is 1. The highest BCUT2D eigenvalue weighted by molar-refractivity contribution is 9.10. The standard InChI is InChI=1S/C16H13BrN2O2S2/c1-21-9-6-7-11(17)10(8-9)15(20)19-16-18-14-12(22-2)4-3-5-13(14)23-16/h3-8H,1-2H3,(H,18,19,20). The lowest BCUT2D eigenvalue weighted by molar-refractivity contribution is 0.102. The summed E-state index contributed by atoms with van der Waals surface area (Å²) in [5, 5.41) is 3.45. The largest absolute Gasteiger partial charge is 0.497 e. The van der Waals surface area contributed by atoms with Crippen LogP contribution >= 0.6 is 39.0 Å². The molecule has 0 unspecified atom stereocenters. The van der Waals surface area contributed by atoms with Crippen molar-refractivity contribution in [3.05, 3.63) is 46.4 Å². The average Bonchev–Trinajstić information content (AvgIpc) is 2.97. The maximum absolute atomic E-state index is 12.5. The van der Waals surface area contributed by atoms with Crippen LogP contribution < -0.4 is 10.1 Å². The monoisotopic (exact) mass is 408 g/mol. The topological polar surface area (TPSA) is 51.2 Å². The lowest BCUT2D eigenvalue weighted by Gasteiger charge is -2.06. The van der Waals surface area contributed by atoms with E-state index in [0.717, 1.165) is 15.1 Å². The molecule has 0 aliphatic rings. The number of halogens is 1. The van der Waals surface area contributed by atoms with Crippen molar-refractivity contribution in [3.63, 3.8) is 0 Å². The van der Waals surface area contributed by atoms with Crippen molar-refractivity contribution < 1.29 is 9.53 Å². The third-order valence-electron chi connectivity index (χ3n) is 3.24. The van der Waals surface area contributed by atoms with Gasteiger partial charge in [-0.15, -0.1) is 11.8 Å². The number of fused-ring (bicyclic) bond motifs is 1. The number of nitrogens with zero attached hydrogens (tertiary/aromatic N) is 1. The van der Waals surface area contributed by atoms with Crippen molar-refractivity contribution >= 4 is 60.3 Å². The van der Waals surface area contributed by atoms with E-state index in [0.29, 0.717) is 20.9 Å². The van der Waals surface area contributed by atoms with Gasteiger partial charge >= 0.3 is 0 Å². The Morgan fingerprint density at radius 2 is 2.17 bits per heavy atom. The number of benzene rings is 2. The molecule has 0 radical (unpaired) electrons. The molecule has 0 saturated heterocycles. The van der Waals surface area contributed by atoms with Gasteiger partial charge < -0.3 is 4.74 Å². The minimum Gasteiger partial charge on any atom is -0.497 e. The van der Waals surface area contributed by atoms with Gasteiger partial charge in [-0.3, -0.25) is 10.1 Å². The van der Waals surface area contributed by atoms with Crippen molar-refractivity contribution in [2.24, 2.45) is 0 Å². The Balaban J connectivity index is 1.91. The Morgan fingerprint density at radius 3 is 2.91 bits per heavy atom. The Labute approximate surface area is 150 Å². The molecule has 0 atom stereocenters. The van der Waals surface area contributed by atoms with E-state index in [1.54, 1.807) is 37.1 Å². The number of amides is 1. The van der Waals surface area contributed by atoms with Gasteiger partial charge in [0.05, 0.1) is 22.9 Å². The van der Waals surface area contributed by atoms with Crippen LogP contribution in [0.1, 0.15) is 10.4 Å². The molecular weight excluding hydrogens is 396 g/mol. The van der Waals surface area contributed by atoms with E-state index in [1.165, 1.54) is 11.3 Å². The number of aromatic nitrogens is 1. The number of hydrogen-bond acceptors (Lipinski definition) is 5. The van der Waals surface area contributed by atoms with Gasteiger partial charge in [0.15, 0.2) is 5.13 Å². The van der Waals surface area contributed by atoms with Crippen LogP contribution in [0.3, 0.4) is 0 Å². The van der Waals surface area contributed by atoms with Crippen molar-refractivity contribution in [2.75, 3.05) is 18.7 Å². The smallest absolute Gasteiger partial charge is 0.258 e. The first-order valence-corrected chi connectivity index (χ1v) is 9.54. The van der Waals surface area contributed by atoms with Crippen LogP contribution in [0.2, 0.25) is 0 Å². The average molecular weight is 409 g/mol. The highest BCUT2D eigenvalue weighted by Gasteiger charge is 2.15. The summed E-state index contributed by atoms with van der Waals surface area (Å²) in [6, 6.07) is 11.3. The van der Waals surface area contributed by atoms with Gasteiger partial charge in [0.2, 0.25) is 0 Å². The molecule has 118 valence electrons. The molecule has 23 heavy (non-hydrogen) atoms. The first-order valence-electron chi connectivity index (χ1n) is 6.71. The van der Waals surface area contributed by atoms with Crippen LogP contribution in [0.5, 0.6) is 5.75 Å². The number of rotatable bonds is 4. The van der Waals surface area contributed by atoms with Gasteiger partial charge in [0, 0.05) is 9.37 Å². The summed E-state index contributed by atoms with van der Waals surface area (Å²) in [5.41, 5.74) is 1.43.